The topological polar surface area (TPSA) is 70.5 Å². The van der Waals surface area contributed by atoms with Gasteiger partial charge in [0.15, 0.2) is 0 Å². The summed E-state index contributed by atoms with van der Waals surface area (Å²) in [5.41, 5.74) is 18.6. The summed E-state index contributed by atoms with van der Waals surface area (Å²) in [4.78, 5) is 0. The standard InChI is InChI=1S/C41H44N2O2/c1-2-3-4-5-30-6-8-31(9-7-30)32-26-28-41(29-27-32,33-10-18-37(19-11-33)44-39-22-14-35(42)15-23-39)34-12-20-38(21-13-34)45-40-24-16-36(43)17-25-40/h6-25,32H,2-5,26-29,42-43H2,1H3. The first-order valence-corrected chi connectivity index (χ1v) is 16.4. The van der Waals surface area contributed by atoms with Gasteiger partial charge in [0.25, 0.3) is 0 Å². The van der Waals surface area contributed by atoms with Gasteiger partial charge in [-0.3, -0.25) is 0 Å². The summed E-state index contributed by atoms with van der Waals surface area (Å²) < 4.78 is 12.3. The maximum absolute atomic E-state index is 6.13. The fraction of sp³-hybridized carbons (Fsp3) is 0.268. The van der Waals surface area contributed by atoms with E-state index in [-0.39, 0.29) is 5.41 Å². The summed E-state index contributed by atoms with van der Waals surface area (Å²) in [5.74, 6) is 3.77. The van der Waals surface area contributed by atoms with Crippen molar-refractivity contribution in [1.82, 2.24) is 0 Å². The van der Waals surface area contributed by atoms with E-state index >= 15 is 0 Å². The highest BCUT2D eigenvalue weighted by Gasteiger charge is 2.39. The number of unbranched alkanes of at least 4 members (excludes halogenated alkanes) is 2. The molecule has 230 valence electrons. The van der Waals surface area contributed by atoms with Crippen LogP contribution in [0.4, 0.5) is 11.4 Å². The molecule has 1 fully saturated rings. The van der Waals surface area contributed by atoms with Crippen LogP contribution < -0.4 is 20.9 Å². The fourth-order valence-corrected chi connectivity index (χ4v) is 6.75. The second-order valence-electron chi connectivity index (χ2n) is 12.4. The molecule has 0 spiro atoms. The minimum absolute atomic E-state index is 0.0873. The maximum Gasteiger partial charge on any atom is 0.127 e. The van der Waals surface area contributed by atoms with Crippen molar-refractivity contribution in [1.29, 1.82) is 0 Å². The van der Waals surface area contributed by atoms with Crippen molar-refractivity contribution in [3.63, 3.8) is 0 Å². The van der Waals surface area contributed by atoms with Crippen LogP contribution in [0.2, 0.25) is 0 Å². The van der Waals surface area contributed by atoms with Gasteiger partial charge in [0.05, 0.1) is 0 Å². The number of hydrogen-bond acceptors (Lipinski definition) is 4. The zero-order chi connectivity index (χ0) is 31.1. The number of hydrogen-bond donors (Lipinski definition) is 2. The van der Waals surface area contributed by atoms with Crippen LogP contribution >= 0.6 is 0 Å². The Balaban J connectivity index is 1.23. The van der Waals surface area contributed by atoms with Gasteiger partial charge >= 0.3 is 0 Å². The molecule has 0 bridgehead atoms. The third-order valence-electron chi connectivity index (χ3n) is 9.40. The smallest absolute Gasteiger partial charge is 0.127 e. The van der Waals surface area contributed by atoms with E-state index < -0.39 is 0 Å². The number of benzene rings is 5. The molecule has 0 aliphatic heterocycles. The Kier molecular flexibility index (Phi) is 9.40. The monoisotopic (exact) mass is 596 g/mol. The van der Waals surface area contributed by atoms with E-state index in [0.29, 0.717) is 5.92 Å². The van der Waals surface area contributed by atoms with E-state index in [4.69, 9.17) is 20.9 Å². The van der Waals surface area contributed by atoms with Crippen molar-refractivity contribution in [2.45, 2.75) is 69.6 Å². The van der Waals surface area contributed by atoms with Crippen LogP contribution in [-0.2, 0) is 11.8 Å². The van der Waals surface area contributed by atoms with Crippen LogP contribution in [0.5, 0.6) is 23.0 Å². The summed E-state index contributed by atoms with van der Waals surface area (Å²) in [6, 6.07) is 41.9. The van der Waals surface area contributed by atoms with Gasteiger partial charge in [-0.2, -0.15) is 0 Å². The molecular formula is C41H44N2O2. The number of aryl methyl sites for hydroxylation is 1. The van der Waals surface area contributed by atoms with Gasteiger partial charge in [-0.05, 0) is 139 Å². The highest BCUT2D eigenvalue weighted by Crippen LogP contribution is 2.49. The highest BCUT2D eigenvalue weighted by atomic mass is 16.5. The van der Waals surface area contributed by atoms with Gasteiger partial charge in [-0.25, -0.2) is 0 Å². The van der Waals surface area contributed by atoms with Crippen LogP contribution in [-0.4, -0.2) is 0 Å². The Bertz CT molecular complexity index is 1540. The lowest BCUT2D eigenvalue weighted by Gasteiger charge is -2.41. The second kappa shape index (κ2) is 13.9. The summed E-state index contributed by atoms with van der Waals surface area (Å²) >= 11 is 0. The minimum atomic E-state index is -0.0873. The number of nitrogen functional groups attached to an aromatic ring is 2. The van der Waals surface area contributed by atoms with Crippen molar-refractivity contribution in [2.75, 3.05) is 11.5 Å². The summed E-state index contributed by atoms with van der Waals surface area (Å²) in [6.45, 7) is 2.26. The molecule has 0 unspecified atom stereocenters. The Labute approximate surface area is 268 Å². The third kappa shape index (κ3) is 7.34. The number of ether oxygens (including phenoxy) is 2. The number of nitrogens with two attached hydrogens (primary N) is 2. The van der Waals surface area contributed by atoms with Crippen LogP contribution in [0.3, 0.4) is 0 Å². The predicted molar refractivity (Wildman–Crippen MR) is 186 cm³/mol. The molecule has 1 aliphatic carbocycles. The first kappa shape index (κ1) is 30.3. The molecule has 0 heterocycles. The van der Waals surface area contributed by atoms with E-state index in [1.807, 2.05) is 48.5 Å². The number of anilines is 2. The Morgan fingerprint density at radius 3 is 1.40 bits per heavy atom. The molecule has 0 saturated heterocycles. The largest absolute Gasteiger partial charge is 0.457 e. The first-order valence-electron chi connectivity index (χ1n) is 16.4. The molecule has 4 N–H and O–H groups in total. The molecule has 0 amide bonds. The molecule has 0 aromatic heterocycles. The summed E-state index contributed by atoms with van der Waals surface area (Å²) in [6.07, 6.45) is 9.45. The van der Waals surface area contributed by atoms with Gasteiger partial charge in [0, 0.05) is 16.8 Å². The Morgan fingerprint density at radius 1 is 0.556 bits per heavy atom. The lowest BCUT2D eigenvalue weighted by Crippen LogP contribution is -2.32. The average Bonchev–Trinajstić information content (AvgIpc) is 3.08. The van der Waals surface area contributed by atoms with Gasteiger partial charge < -0.3 is 20.9 Å². The van der Waals surface area contributed by atoms with E-state index in [2.05, 4.69) is 79.7 Å². The van der Waals surface area contributed by atoms with Gasteiger partial charge in [0.2, 0.25) is 0 Å². The van der Waals surface area contributed by atoms with Crippen LogP contribution in [0.25, 0.3) is 0 Å². The van der Waals surface area contributed by atoms with E-state index in [1.54, 1.807) is 0 Å². The third-order valence-corrected chi connectivity index (χ3v) is 9.40. The molecule has 0 radical (unpaired) electrons. The Hall–Kier alpha value is -4.70. The Morgan fingerprint density at radius 2 is 0.978 bits per heavy atom. The predicted octanol–water partition coefficient (Wildman–Crippen LogP) is 10.8. The minimum Gasteiger partial charge on any atom is -0.457 e. The van der Waals surface area contributed by atoms with Crippen LogP contribution in [0.15, 0.2) is 121 Å². The molecule has 1 saturated carbocycles. The van der Waals surface area contributed by atoms with Crippen molar-refractivity contribution < 1.29 is 9.47 Å². The molecule has 6 rings (SSSR count). The van der Waals surface area contributed by atoms with Crippen molar-refractivity contribution in [3.05, 3.63) is 144 Å². The molecule has 5 aromatic carbocycles. The number of rotatable bonds is 11. The molecule has 4 nitrogen and oxygen atoms in total. The van der Waals surface area contributed by atoms with Crippen molar-refractivity contribution in [2.24, 2.45) is 0 Å². The molecule has 45 heavy (non-hydrogen) atoms. The maximum atomic E-state index is 6.13. The first-order chi connectivity index (χ1) is 22.0. The van der Waals surface area contributed by atoms with Gasteiger partial charge in [-0.15, -0.1) is 0 Å². The van der Waals surface area contributed by atoms with E-state index in [9.17, 15) is 0 Å². The fourth-order valence-electron chi connectivity index (χ4n) is 6.75. The van der Waals surface area contributed by atoms with E-state index in [1.165, 1.54) is 47.9 Å². The van der Waals surface area contributed by atoms with Gasteiger partial charge in [0.1, 0.15) is 23.0 Å². The molecule has 5 aromatic rings. The van der Waals surface area contributed by atoms with Crippen LogP contribution in [0, 0.1) is 0 Å². The molecule has 4 heteroatoms. The molecule has 1 aliphatic rings. The van der Waals surface area contributed by atoms with Crippen molar-refractivity contribution in [3.8, 4) is 23.0 Å². The second-order valence-corrected chi connectivity index (χ2v) is 12.4. The zero-order valence-electron chi connectivity index (χ0n) is 26.3. The van der Waals surface area contributed by atoms with Crippen molar-refractivity contribution >= 4 is 11.4 Å². The zero-order valence-corrected chi connectivity index (χ0v) is 26.3. The van der Waals surface area contributed by atoms with Crippen LogP contribution in [0.1, 0.15) is 80.0 Å². The SMILES string of the molecule is CCCCCc1ccc(C2CCC(c3ccc(Oc4ccc(N)cc4)cc3)(c3ccc(Oc4ccc(N)cc4)cc3)CC2)cc1. The summed E-state index contributed by atoms with van der Waals surface area (Å²) in [5, 5.41) is 0. The summed E-state index contributed by atoms with van der Waals surface area (Å²) in [7, 11) is 0. The molecule has 0 atom stereocenters. The lowest BCUT2D eigenvalue weighted by atomic mass is 9.62. The highest BCUT2D eigenvalue weighted by molar-refractivity contribution is 5.48. The van der Waals surface area contributed by atoms with Gasteiger partial charge in [-0.1, -0.05) is 68.3 Å². The lowest BCUT2D eigenvalue weighted by molar-refractivity contribution is 0.314. The van der Waals surface area contributed by atoms with E-state index in [0.717, 1.165) is 60.1 Å². The normalized spacial score (nSPS) is 14.6. The molecular weight excluding hydrogens is 552 g/mol. The quantitative estimate of drug-likeness (QED) is 0.118. The average molecular weight is 597 g/mol.